The zero-order chi connectivity index (χ0) is 76.0. The van der Waals surface area contributed by atoms with Gasteiger partial charge in [0.2, 0.25) is 35.4 Å². The van der Waals surface area contributed by atoms with Crippen LogP contribution in [0.3, 0.4) is 0 Å². The number of hydrogen-bond acceptors (Lipinski definition) is 26. The van der Waals surface area contributed by atoms with E-state index < -0.39 is 116 Å². The van der Waals surface area contributed by atoms with Gasteiger partial charge in [0.05, 0.1) is 91.4 Å². The van der Waals surface area contributed by atoms with Gasteiger partial charge in [-0.2, -0.15) is 12.6 Å². The van der Waals surface area contributed by atoms with Crippen LogP contribution in [-0.4, -0.2) is 249 Å². The van der Waals surface area contributed by atoms with E-state index in [1.54, 1.807) is 77.8 Å². The van der Waals surface area contributed by atoms with Crippen LogP contribution in [0.1, 0.15) is 126 Å². The van der Waals surface area contributed by atoms with E-state index in [0.29, 0.717) is 40.7 Å². The Labute approximate surface area is 602 Å². The van der Waals surface area contributed by atoms with Crippen molar-refractivity contribution in [3.8, 4) is 0 Å². The molecule has 2 aliphatic carbocycles. The normalized spacial score (nSPS) is 29.7. The van der Waals surface area contributed by atoms with Gasteiger partial charge in [0.15, 0.2) is 11.8 Å². The van der Waals surface area contributed by atoms with Crippen LogP contribution in [0.25, 0.3) is 0 Å². The van der Waals surface area contributed by atoms with Gasteiger partial charge in [-0.3, -0.25) is 63.6 Å². The fourth-order valence-electron chi connectivity index (χ4n) is 15.7. The first kappa shape index (κ1) is 79.6. The number of ketones is 1. The molecule has 7 fully saturated rings. The second-order valence-corrected chi connectivity index (χ2v) is 32.1. The number of rotatable bonds is 17. The number of thioether (sulfide) groups is 2. The van der Waals surface area contributed by atoms with E-state index in [1.807, 2.05) is 14.0 Å². The molecule has 0 unspecified atom stereocenters. The summed E-state index contributed by atoms with van der Waals surface area (Å²) in [6.45, 7) is 10.6. The first-order valence-corrected chi connectivity index (χ1v) is 35.4. The number of nitro benzene ring substituents is 2. The molecule has 0 spiro atoms. The summed E-state index contributed by atoms with van der Waals surface area (Å²) in [7, 11) is 12.5. The molecule has 11 rings (SSSR count). The Kier molecular flexibility index (Phi) is 24.2. The maximum Gasteiger partial charge on any atom is 0.363 e. The number of esters is 4. The molecular formula is C68H86N9O22S3-. The van der Waals surface area contributed by atoms with E-state index in [4.69, 9.17) is 9.47 Å². The van der Waals surface area contributed by atoms with Gasteiger partial charge in [-0.05, 0) is 118 Å². The van der Waals surface area contributed by atoms with Crippen LogP contribution in [-0.2, 0) is 57.4 Å². The topological polar surface area (TPSA) is 416 Å². The number of carbonyl (C=O) groups is 12. The van der Waals surface area contributed by atoms with E-state index in [0.717, 1.165) is 79.9 Å². The van der Waals surface area contributed by atoms with Crippen molar-refractivity contribution >= 4 is 119 Å². The zero-order valence-electron chi connectivity index (χ0n) is 58.8. The number of carboxylic acid groups (broad SMARTS) is 1. The highest BCUT2D eigenvalue weighted by atomic mass is 32.2. The minimum atomic E-state index is -1.54. The van der Waals surface area contributed by atoms with Gasteiger partial charge < -0.3 is 59.2 Å². The molecular weight excluding hydrogens is 1390 g/mol. The van der Waals surface area contributed by atoms with E-state index in [1.165, 1.54) is 59.3 Å². The largest absolute Gasteiger partial charge is 0.543 e. The minimum Gasteiger partial charge on any atom is -0.543 e. The van der Waals surface area contributed by atoms with Crippen LogP contribution in [0.2, 0.25) is 0 Å². The number of Topliss-reactive ketones (excluding diaryl/α,β-unsaturated/α-hetero) is 1. The van der Waals surface area contributed by atoms with Crippen molar-refractivity contribution < 1.29 is 97.3 Å². The molecule has 2 aromatic rings. The first-order valence-electron chi connectivity index (χ1n) is 33.1. The van der Waals surface area contributed by atoms with Gasteiger partial charge in [0, 0.05) is 130 Å². The fourth-order valence-corrected chi connectivity index (χ4v) is 19.4. The Morgan fingerprint density at radius 3 is 1.33 bits per heavy atom. The van der Waals surface area contributed by atoms with Gasteiger partial charge in [0.25, 0.3) is 11.4 Å². The van der Waals surface area contributed by atoms with Crippen LogP contribution in [0.15, 0.2) is 69.7 Å². The number of likely N-dealkylation sites (tertiary alicyclic amines) is 1. The van der Waals surface area contributed by atoms with Crippen molar-refractivity contribution in [1.29, 1.82) is 0 Å². The van der Waals surface area contributed by atoms with Crippen molar-refractivity contribution in [3.63, 3.8) is 0 Å². The monoisotopic (exact) mass is 1480 g/mol. The van der Waals surface area contributed by atoms with E-state index in [-0.39, 0.29) is 92.3 Å². The molecule has 0 aromatic heterocycles. The van der Waals surface area contributed by atoms with Gasteiger partial charge in [-0.1, -0.05) is 0 Å². The zero-order valence-corrected chi connectivity index (χ0v) is 61.3. The minimum absolute atomic E-state index is 0.0213. The van der Waals surface area contributed by atoms with Crippen molar-refractivity contribution in [3.05, 3.63) is 101 Å². The quantitative estimate of drug-likeness (QED) is 0.0442. The maximum atomic E-state index is 13.3. The molecule has 7 heterocycles. The number of nitro groups is 2. The van der Waals surface area contributed by atoms with Gasteiger partial charge in [0.1, 0.15) is 5.70 Å². The Morgan fingerprint density at radius 1 is 0.569 bits per heavy atom. The molecule has 31 nitrogen and oxygen atoms in total. The number of aliphatic hydroxyl groups excluding tert-OH is 3. The lowest BCUT2D eigenvalue weighted by molar-refractivity contribution is -0.385. The number of fused-ring (bicyclic) bond motifs is 3. The third-order valence-electron chi connectivity index (χ3n) is 20.4. The summed E-state index contributed by atoms with van der Waals surface area (Å²) < 4.78 is 9.82. The summed E-state index contributed by atoms with van der Waals surface area (Å²) >= 11 is 7.24. The standard InChI is InChI=1S/C25H29N3O8S.C18H26N2O5S.C17H16N2O8.C8H16N2OS/c1-13(29)19-22(31)27-20(24(33)36-23(32)14-5-8-16(9-6-14)28(34)35)18(12-25(19,27)2)37-17-10-7-15(11-17)21(30)26(3)4;1-9(21)13-16(23)20-14(17(24)25)12(8-18(13,20)2)26-11-6-5-10(7-11)15(22)19(3)4;1-8(20)12-14(22)18-13(11(21)7-17(12,18)2)16(24)27-15(23)9-3-5-10(6-4-9)19(25)26;1-9(2)8(11)7-4-6(12)5-10(7)3/h5-6,8-9,13,15,17,19,29H,7,10-12H2,1-4H3;9-11,13,21H,5-8H2,1-4H3,(H,24,25);3-6,8,12-13,20H,7H2,1-2H3;6-7,12H,4-5H2,1-3H3/p-1/t13-,15+,17-,19+,25-;9-,10+,11-,13+,18-;8-,12+,13-,17-;6-,7-/m1110/s1. The third-order valence-corrected chi connectivity index (χ3v) is 23.6. The number of benzene rings is 2. The Morgan fingerprint density at radius 2 is 0.961 bits per heavy atom. The number of non-ortho nitro benzene ring substituents is 2. The smallest absolute Gasteiger partial charge is 0.363 e. The summed E-state index contributed by atoms with van der Waals surface area (Å²) in [5.41, 5.74) is -3.23. The lowest BCUT2D eigenvalue weighted by atomic mass is 9.71. The van der Waals surface area contributed by atoms with Crippen molar-refractivity contribution in [1.82, 2.24) is 34.3 Å². The molecule has 34 heteroatoms. The fraction of sp³-hybridized carbons (Fsp3) is 0.588. The van der Waals surface area contributed by atoms with Crippen LogP contribution in [0, 0.1) is 49.8 Å². The van der Waals surface area contributed by atoms with Gasteiger partial charge in [-0.25, -0.2) is 19.2 Å². The Balaban J connectivity index is 0.000000182. The number of β-lactam (4-membered cyclic amide) rings is 3. The molecule has 6 amide bonds. The summed E-state index contributed by atoms with van der Waals surface area (Å²) in [6.07, 6.45) is 3.17. The number of likely N-dealkylation sites (N-methyl/N-ethyl adjacent to an activating group) is 2. The lowest BCUT2D eigenvalue weighted by Crippen LogP contribution is -2.71. The van der Waals surface area contributed by atoms with Crippen molar-refractivity contribution in [2.24, 2.45) is 29.6 Å². The predicted molar refractivity (Wildman–Crippen MR) is 367 cm³/mol. The second-order valence-electron chi connectivity index (χ2n) is 28.5. The Hall–Kier alpha value is -8.15. The summed E-state index contributed by atoms with van der Waals surface area (Å²) in [5.74, 6) is -9.43. The summed E-state index contributed by atoms with van der Waals surface area (Å²) in [5, 5.41) is 63.6. The number of aliphatic carboxylic acids is 1. The number of ether oxygens (including phenoxy) is 2. The number of hydrogen-bond donors (Lipinski definition) is 4. The van der Waals surface area contributed by atoms with Crippen LogP contribution >= 0.6 is 36.2 Å². The number of amides is 6. The molecule has 9 aliphatic rings. The van der Waals surface area contributed by atoms with Crippen LogP contribution in [0.5, 0.6) is 0 Å². The number of aliphatic hydroxyl groups is 3. The molecule has 16 atom stereocenters. The number of thiol groups is 1. The van der Waals surface area contributed by atoms with Gasteiger partial charge >= 0.3 is 23.9 Å². The highest BCUT2D eigenvalue weighted by Gasteiger charge is 2.70. The lowest BCUT2D eigenvalue weighted by Gasteiger charge is -2.54. The third kappa shape index (κ3) is 15.5. The molecule has 2 saturated carbocycles. The van der Waals surface area contributed by atoms with Gasteiger partial charge in [-0.15, -0.1) is 23.5 Å². The number of carboxylic acids is 1. The first-order chi connectivity index (χ1) is 47.5. The van der Waals surface area contributed by atoms with Crippen molar-refractivity contribution in [2.45, 2.75) is 169 Å². The summed E-state index contributed by atoms with van der Waals surface area (Å²) in [6, 6.07) is 7.53. The number of carbonyl (C=O) groups excluding carboxylic acids is 12. The summed E-state index contributed by atoms with van der Waals surface area (Å²) in [4.78, 5) is 180. The molecule has 5 saturated heterocycles. The predicted octanol–water partition coefficient (Wildman–Crippen LogP) is 2.72. The molecule has 554 valence electrons. The maximum absolute atomic E-state index is 13.3. The second kappa shape index (κ2) is 31.0. The van der Waals surface area contributed by atoms with Crippen LogP contribution in [0.4, 0.5) is 11.4 Å². The molecule has 102 heavy (non-hydrogen) atoms. The Bertz CT molecular complexity index is 3830. The number of nitrogens with zero attached hydrogens (tertiary/aromatic N) is 9. The van der Waals surface area contributed by atoms with E-state index in [2.05, 4.69) is 17.5 Å². The van der Waals surface area contributed by atoms with Crippen molar-refractivity contribution in [2.75, 3.05) is 55.9 Å². The highest BCUT2D eigenvalue weighted by Crippen LogP contribution is 2.58. The average Bonchev–Trinajstić information content (AvgIpc) is 1.54. The SMILES string of the molecule is CN(C)C(=O)[C@@H]1C[C@H](S)CN1C.C[C@@H](O)[C@H]1C(=O)N2C(C(=O)OC(=O)c3ccc([N+](=O)[O-])cc3)=C(S[C@@H]3CC[C@H](C(=O)N(C)C)C3)C[C@]12C.C[C@@H](O)[C@H]1C(=O)N2C(C(=O)[O-])=C(S[C@@H]3CC[C@H](C(=O)N(C)C)C3)C[C@]12C.C[C@@H](O)[C@H]1C(=O)N2[C@@H](C(=O)OC(=O)c3ccc([N+](=O)[O-])cc3)C(=O)C[C@]12C. The molecule has 3 N–H and O–H groups in total. The molecule has 7 aliphatic heterocycles. The molecule has 2 aromatic carbocycles. The highest BCUT2D eigenvalue weighted by molar-refractivity contribution is 8.04. The average molecular weight is 1480 g/mol. The molecule has 0 bridgehead atoms. The van der Waals surface area contributed by atoms with E-state index >= 15 is 0 Å². The molecule has 0 radical (unpaired) electrons. The van der Waals surface area contributed by atoms with E-state index in [9.17, 15) is 98.2 Å². The van der Waals surface area contributed by atoms with Crippen LogP contribution < -0.4 is 5.11 Å².